The van der Waals surface area contributed by atoms with Crippen LogP contribution in [-0.2, 0) is 18.6 Å². The quantitative estimate of drug-likeness (QED) is 0.156. The van der Waals surface area contributed by atoms with Gasteiger partial charge in [-0.15, -0.1) is 23.8 Å². The first-order chi connectivity index (χ1) is 24.6. The van der Waals surface area contributed by atoms with Crippen LogP contribution in [0.15, 0.2) is 164 Å². The van der Waals surface area contributed by atoms with Gasteiger partial charge in [0.1, 0.15) is 0 Å². The Hall–Kier alpha value is -5.87. The Balaban J connectivity index is 0.00000406. The van der Waals surface area contributed by atoms with Crippen molar-refractivity contribution < 1.29 is 18.6 Å². The molecule has 0 saturated heterocycles. The zero-order chi connectivity index (χ0) is 33.9. The first-order valence-electron chi connectivity index (χ1n) is 16.8. The van der Waals surface area contributed by atoms with E-state index < -0.39 is 0 Å². The van der Waals surface area contributed by atoms with E-state index in [0.29, 0.717) is 17.5 Å². The standard InChI is InChI=1S/C47H33N3.V/c1-32-16-20-38(21-17-32)45-48-46(39-22-18-33(2)19-23-39)50-47(49-45)44-30-42(37-26-24-36(25-27-37)34-10-5-3-6-11-34)29-43(31-44)41-15-9-14-40(28-41)35-12-7-4-8-13-35;/h3-12,14-27,29-31H,1-2H3;/q-2;+2. The van der Waals surface area contributed by atoms with Gasteiger partial charge in [0.25, 0.3) is 0 Å². The van der Waals surface area contributed by atoms with Crippen molar-refractivity contribution in [2.75, 3.05) is 0 Å². The van der Waals surface area contributed by atoms with E-state index in [4.69, 9.17) is 15.0 Å². The van der Waals surface area contributed by atoms with Crippen molar-refractivity contribution in [2.24, 2.45) is 0 Å². The molecule has 0 aliphatic carbocycles. The van der Waals surface area contributed by atoms with Crippen LogP contribution in [0.2, 0.25) is 0 Å². The third-order valence-electron chi connectivity index (χ3n) is 8.88. The molecule has 0 atom stereocenters. The largest absolute Gasteiger partial charge is 2.00 e. The second-order valence-corrected chi connectivity index (χ2v) is 12.5. The van der Waals surface area contributed by atoms with Crippen LogP contribution in [0.25, 0.3) is 78.7 Å². The van der Waals surface area contributed by atoms with Gasteiger partial charge >= 0.3 is 18.6 Å². The van der Waals surface area contributed by atoms with Crippen molar-refractivity contribution in [3.8, 4) is 78.7 Å². The van der Waals surface area contributed by atoms with E-state index in [1.165, 1.54) is 22.3 Å². The molecule has 241 valence electrons. The van der Waals surface area contributed by atoms with Crippen molar-refractivity contribution in [1.82, 2.24) is 15.0 Å². The van der Waals surface area contributed by atoms with Gasteiger partial charge < -0.3 is 0 Å². The molecule has 8 aromatic rings. The fourth-order valence-corrected chi connectivity index (χ4v) is 6.09. The molecule has 1 heterocycles. The molecule has 0 N–H and O–H groups in total. The molecule has 1 radical (unpaired) electrons. The summed E-state index contributed by atoms with van der Waals surface area (Å²) in [6.07, 6.45) is 0. The van der Waals surface area contributed by atoms with Gasteiger partial charge in [0.2, 0.25) is 0 Å². The number of rotatable bonds is 7. The molecular weight excluding hydrogens is 657 g/mol. The summed E-state index contributed by atoms with van der Waals surface area (Å²) in [7, 11) is 0. The molecule has 0 spiro atoms. The molecule has 0 bridgehead atoms. The van der Waals surface area contributed by atoms with Gasteiger partial charge in [0, 0.05) is 16.7 Å². The molecule has 0 fully saturated rings. The second kappa shape index (κ2) is 14.9. The number of aromatic nitrogens is 3. The maximum Gasteiger partial charge on any atom is 2.00 e. The summed E-state index contributed by atoms with van der Waals surface area (Å²) in [6.45, 7) is 4.17. The first kappa shape index (κ1) is 33.6. The van der Waals surface area contributed by atoms with Gasteiger partial charge in [-0.05, 0) is 42.2 Å². The molecule has 0 amide bonds. The molecular formula is C47H33N3V. The summed E-state index contributed by atoms with van der Waals surface area (Å²) in [5.41, 5.74) is 13.7. The van der Waals surface area contributed by atoms with Crippen LogP contribution >= 0.6 is 0 Å². The molecule has 7 aromatic carbocycles. The van der Waals surface area contributed by atoms with Crippen molar-refractivity contribution in [2.45, 2.75) is 13.8 Å². The molecule has 0 saturated carbocycles. The molecule has 51 heavy (non-hydrogen) atoms. The van der Waals surface area contributed by atoms with Gasteiger partial charge in [-0.3, -0.25) is 0 Å². The fourth-order valence-electron chi connectivity index (χ4n) is 6.09. The van der Waals surface area contributed by atoms with Gasteiger partial charge in [0.05, 0.1) is 0 Å². The Morgan fingerprint density at radius 2 is 0.804 bits per heavy atom. The number of hydrogen-bond donors (Lipinski definition) is 0. The van der Waals surface area contributed by atoms with E-state index >= 15 is 0 Å². The van der Waals surface area contributed by atoms with Crippen LogP contribution in [0, 0.1) is 26.0 Å². The van der Waals surface area contributed by atoms with Crippen molar-refractivity contribution in [3.63, 3.8) is 0 Å². The van der Waals surface area contributed by atoms with Gasteiger partial charge in [-0.1, -0.05) is 132 Å². The maximum absolute atomic E-state index is 5.10. The minimum atomic E-state index is 0. The van der Waals surface area contributed by atoms with Crippen LogP contribution in [0.3, 0.4) is 0 Å². The minimum Gasteiger partial charge on any atom is -0.209 e. The Bertz CT molecular complexity index is 2340. The summed E-state index contributed by atoms with van der Waals surface area (Å²) in [6, 6.07) is 63.7. The molecule has 1 aromatic heterocycles. The van der Waals surface area contributed by atoms with E-state index in [1.54, 1.807) is 0 Å². The summed E-state index contributed by atoms with van der Waals surface area (Å²) in [4.78, 5) is 15.2. The zero-order valence-electron chi connectivity index (χ0n) is 28.4. The fraction of sp³-hybridized carbons (Fsp3) is 0.0426. The third kappa shape index (κ3) is 7.51. The molecule has 0 aliphatic heterocycles. The van der Waals surface area contributed by atoms with Crippen LogP contribution in [0.1, 0.15) is 11.1 Å². The van der Waals surface area contributed by atoms with Crippen molar-refractivity contribution in [3.05, 3.63) is 187 Å². The molecule has 0 unspecified atom stereocenters. The zero-order valence-corrected chi connectivity index (χ0v) is 29.8. The minimum absolute atomic E-state index is 0. The normalized spacial score (nSPS) is 10.8. The van der Waals surface area contributed by atoms with E-state index in [9.17, 15) is 0 Å². The van der Waals surface area contributed by atoms with E-state index in [-0.39, 0.29) is 18.6 Å². The SMILES string of the molecule is Cc1ccc(-c2nc(-c3ccc(C)cc3)nc(-c3cc(-c4[c-]c(-c5[c-]cccc5)ccc4)cc(-c4ccc(-c5ccccc5)cc4)c3)n2)cc1.[V+2]. The van der Waals surface area contributed by atoms with Crippen LogP contribution in [-0.4, -0.2) is 15.0 Å². The predicted octanol–water partition coefficient (Wildman–Crippen LogP) is 11.8. The average Bonchev–Trinajstić information content (AvgIpc) is 3.19. The predicted molar refractivity (Wildman–Crippen MR) is 205 cm³/mol. The van der Waals surface area contributed by atoms with E-state index in [1.807, 2.05) is 24.3 Å². The van der Waals surface area contributed by atoms with Crippen LogP contribution < -0.4 is 0 Å². The number of nitrogens with zero attached hydrogens (tertiary/aromatic N) is 3. The van der Waals surface area contributed by atoms with E-state index in [0.717, 1.165) is 50.1 Å². The smallest absolute Gasteiger partial charge is 0.209 e. The average molecular weight is 691 g/mol. The summed E-state index contributed by atoms with van der Waals surface area (Å²) >= 11 is 0. The van der Waals surface area contributed by atoms with Crippen LogP contribution in [0.4, 0.5) is 0 Å². The molecule has 4 heteroatoms. The molecule has 8 rings (SSSR count). The first-order valence-corrected chi connectivity index (χ1v) is 16.8. The summed E-state index contributed by atoms with van der Waals surface area (Å²) in [5, 5.41) is 0. The third-order valence-corrected chi connectivity index (χ3v) is 8.88. The van der Waals surface area contributed by atoms with Crippen LogP contribution in [0.5, 0.6) is 0 Å². The Morgan fingerprint density at radius 1 is 0.353 bits per heavy atom. The van der Waals surface area contributed by atoms with Gasteiger partial charge in [-0.25, -0.2) is 20.5 Å². The Kier molecular flexibility index (Phi) is 9.85. The van der Waals surface area contributed by atoms with Gasteiger partial charge in [-0.2, -0.15) is 42.0 Å². The van der Waals surface area contributed by atoms with Crippen molar-refractivity contribution in [1.29, 1.82) is 0 Å². The van der Waals surface area contributed by atoms with E-state index in [2.05, 4.69) is 166 Å². The number of benzene rings is 7. The summed E-state index contributed by atoms with van der Waals surface area (Å²) < 4.78 is 0. The second-order valence-electron chi connectivity index (χ2n) is 12.5. The maximum atomic E-state index is 5.10. The summed E-state index contributed by atoms with van der Waals surface area (Å²) in [5.74, 6) is 1.89. The molecule has 3 nitrogen and oxygen atoms in total. The van der Waals surface area contributed by atoms with Crippen molar-refractivity contribution >= 4 is 0 Å². The Morgan fingerprint density at radius 3 is 1.39 bits per heavy atom. The molecule has 0 aliphatic rings. The number of hydrogen-bond acceptors (Lipinski definition) is 3. The monoisotopic (exact) mass is 690 g/mol. The number of aryl methyl sites for hydroxylation is 2. The Labute approximate surface area is 311 Å². The topological polar surface area (TPSA) is 38.7 Å². The van der Waals surface area contributed by atoms with Gasteiger partial charge in [0.15, 0.2) is 17.5 Å².